The first-order chi connectivity index (χ1) is 8.58. The van der Waals surface area contributed by atoms with Crippen molar-refractivity contribution in [3.63, 3.8) is 0 Å². The molecular weight excluding hydrogens is 244 g/mol. The number of thioether (sulfide) groups is 1. The van der Waals surface area contributed by atoms with Crippen molar-refractivity contribution in [1.82, 2.24) is 10.4 Å². The minimum atomic E-state index is -0.107. The molecule has 98 valence electrons. The van der Waals surface area contributed by atoms with E-state index in [0.29, 0.717) is 0 Å². The third-order valence-electron chi connectivity index (χ3n) is 3.16. The zero-order valence-electron chi connectivity index (χ0n) is 11.2. The molecule has 1 aromatic carbocycles. The lowest BCUT2D eigenvalue weighted by molar-refractivity contribution is -0.125. The van der Waals surface area contributed by atoms with Crippen LogP contribution in [0.3, 0.4) is 0 Å². The number of hydrogen-bond acceptors (Lipinski definition) is 3. The second kappa shape index (κ2) is 5.76. The van der Waals surface area contributed by atoms with Gasteiger partial charge < -0.3 is 0 Å². The molecule has 1 aliphatic heterocycles. The van der Waals surface area contributed by atoms with Gasteiger partial charge in [-0.05, 0) is 42.7 Å². The number of hydrogen-bond donors (Lipinski definition) is 1. The van der Waals surface area contributed by atoms with E-state index in [1.54, 1.807) is 5.01 Å². The van der Waals surface area contributed by atoms with Gasteiger partial charge in [0.1, 0.15) is 0 Å². The molecule has 18 heavy (non-hydrogen) atoms. The summed E-state index contributed by atoms with van der Waals surface area (Å²) < 4.78 is 0. The number of aryl methyl sites for hydroxylation is 1. The monoisotopic (exact) mass is 264 g/mol. The van der Waals surface area contributed by atoms with Crippen molar-refractivity contribution < 1.29 is 4.79 Å². The summed E-state index contributed by atoms with van der Waals surface area (Å²) in [4.78, 5) is 13.3. The van der Waals surface area contributed by atoms with E-state index >= 15 is 0 Å². The van der Waals surface area contributed by atoms with E-state index < -0.39 is 0 Å². The predicted molar refractivity (Wildman–Crippen MR) is 75.7 cm³/mol. The Morgan fingerprint density at radius 3 is 2.94 bits per heavy atom. The van der Waals surface area contributed by atoms with Crippen LogP contribution < -0.4 is 5.43 Å². The Labute approximate surface area is 113 Å². The van der Waals surface area contributed by atoms with Crippen LogP contribution in [-0.4, -0.2) is 30.8 Å². The second-order valence-electron chi connectivity index (χ2n) is 4.91. The number of nitrogens with one attached hydrogen (secondary N) is 1. The first-order valence-corrected chi connectivity index (χ1v) is 7.30. The van der Waals surface area contributed by atoms with E-state index in [4.69, 9.17) is 0 Å². The van der Waals surface area contributed by atoms with Crippen molar-refractivity contribution in [1.29, 1.82) is 0 Å². The zero-order valence-corrected chi connectivity index (χ0v) is 12.0. The van der Waals surface area contributed by atoms with Crippen LogP contribution >= 0.6 is 11.8 Å². The van der Waals surface area contributed by atoms with E-state index in [9.17, 15) is 4.79 Å². The number of hydrazine groups is 1. The number of fused-ring (bicyclic) bond motifs is 1. The number of benzene rings is 1. The van der Waals surface area contributed by atoms with Crippen LogP contribution in [0.4, 0.5) is 0 Å². The summed E-state index contributed by atoms with van der Waals surface area (Å²) in [6.45, 7) is 1.95. The molecule has 0 bridgehead atoms. The van der Waals surface area contributed by atoms with Crippen molar-refractivity contribution in [2.24, 2.45) is 0 Å². The van der Waals surface area contributed by atoms with Gasteiger partial charge in [0, 0.05) is 19.0 Å². The van der Waals surface area contributed by atoms with Crippen LogP contribution in [0.15, 0.2) is 23.1 Å². The Balaban J connectivity index is 2.15. The highest BCUT2D eigenvalue weighted by Gasteiger charge is 2.18. The number of nitrogens with zero attached hydrogens (tertiary/aromatic N) is 1. The third kappa shape index (κ3) is 3.06. The number of carbonyl (C=O) groups excluding carboxylic acids is 1. The molecular formula is C14H20N2OS. The highest BCUT2D eigenvalue weighted by Crippen LogP contribution is 2.32. The first-order valence-electron chi connectivity index (χ1n) is 6.31. The molecule has 3 nitrogen and oxygen atoms in total. The van der Waals surface area contributed by atoms with Crippen molar-refractivity contribution in [2.75, 3.05) is 19.8 Å². The lowest BCUT2D eigenvalue weighted by atomic mass is 9.97. The van der Waals surface area contributed by atoms with Gasteiger partial charge in [0.05, 0.1) is 5.92 Å². The number of amides is 1. The quantitative estimate of drug-likeness (QED) is 0.851. The molecule has 1 unspecified atom stereocenters. The lowest BCUT2D eigenvalue weighted by Crippen LogP contribution is -2.38. The Morgan fingerprint density at radius 1 is 1.44 bits per heavy atom. The molecule has 1 aliphatic rings. The maximum absolute atomic E-state index is 12.0. The largest absolute Gasteiger partial charge is 0.289 e. The highest BCUT2D eigenvalue weighted by atomic mass is 32.2. The molecule has 1 heterocycles. The Morgan fingerprint density at radius 2 is 2.22 bits per heavy atom. The van der Waals surface area contributed by atoms with Crippen LogP contribution in [0.2, 0.25) is 0 Å². The first kappa shape index (κ1) is 13.4. The van der Waals surface area contributed by atoms with Crippen LogP contribution in [0.1, 0.15) is 30.4 Å². The number of carbonyl (C=O) groups is 1. The molecule has 0 saturated carbocycles. The van der Waals surface area contributed by atoms with Gasteiger partial charge in [0.2, 0.25) is 5.91 Å². The van der Waals surface area contributed by atoms with Gasteiger partial charge in [-0.15, -0.1) is 11.8 Å². The highest BCUT2D eigenvalue weighted by molar-refractivity contribution is 7.99. The van der Waals surface area contributed by atoms with E-state index in [0.717, 1.165) is 12.0 Å². The van der Waals surface area contributed by atoms with Crippen molar-refractivity contribution in [2.45, 2.75) is 30.6 Å². The van der Waals surface area contributed by atoms with E-state index in [2.05, 4.69) is 23.6 Å². The summed E-state index contributed by atoms with van der Waals surface area (Å²) in [7, 11) is 3.65. The molecule has 1 aromatic rings. The minimum absolute atomic E-state index is 0.0448. The van der Waals surface area contributed by atoms with Gasteiger partial charge in [-0.25, -0.2) is 5.01 Å². The van der Waals surface area contributed by atoms with Gasteiger partial charge in [0.25, 0.3) is 0 Å². The van der Waals surface area contributed by atoms with Gasteiger partial charge >= 0.3 is 0 Å². The second-order valence-corrected chi connectivity index (χ2v) is 6.05. The molecule has 0 fully saturated rings. The van der Waals surface area contributed by atoms with E-state index in [1.165, 1.54) is 22.6 Å². The maximum Gasteiger partial charge on any atom is 0.241 e. The van der Waals surface area contributed by atoms with Gasteiger partial charge in [0.15, 0.2) is 0 Å². The third-order valence-corrected chi connectivity index (χ3v) is 4.36. The topological polar surface area (TPSA) is 32.3 Å². The molecule has 2 rings (SSSR count). The Bertz CT molecular complexity index is 445. The number of rotatable bonds is 3. The van der Waals surface area contributed by atoms with Crippen LogP contribution in [0, 0.1) is 0 Å². The predicted octanol–water partition coefficient (Wildman–Crippen LogP) is 2.42. The fourth-order valence-corrected chi connectivity index (χ4v) is 3.14. The van der Waals surface area contributed by atoms with E-state index in [-0.39, 0.29) is 11.8 Å². The SMILES string of the molecule is CC(C(=O)NN(C)C)c1ccc2c(c1)CCCS2. The molecule has 1 atom stereocenters. The molecule has 0 saturated heterocycles. The summed E-state index contributed by atoms with van der Waals surface area (Å²) in [6.07, 6.45) is 2.37. The van der Waals surface area contributed by atoms with Crippen molar-refractivity contribution >= 4 is 17.7 Å². The van der Waals surface area contributed by atoms with Crippen molar-refractivity contribution in [3.8, 4) is 0 Å². The van der Waals surface area contributed by atoms with E-state index in [1.807, 2.05) is 32.8 Å². The summed E-state index contributed by atoms with van der Waals surface area (Å²) in [5.41, 5.74) is 5.31. The average molecular weight is 264 g/mol. The summed E-state index contributed by atoms with van der Waals surface area (Å²) in [6, 6.07) is 6.44. The molecule has 1 N–H and O–H groups in total. The van der Waals surface area contributed by atoms with Gasteiger partial charge in [-0.1, -0.05) is 12.1 Å². The maximum atomic E-state index is 12.0. The summed E-state index contributed by atoms with van der Waals surface area (Å²) >= 11 is 1.92. The van der Waals surface area contributed by atoms with Gasteiger partial charge in [-0.3, -0.25) is 10.2 Å². The Hall–Kier alpha value is -1.00. The van der Waals surface area contributed by atoms with Crippen LogP contribution in [0.5, 0.6) is 0 Å². The smallest absolute Gasteiger partial charge is 0.241 e. The molecule has 0 aliphatic carbocycles. The normalized spacial score (nSPS) is 16.2. The zero-order chi connectivity index (χ0) is 13.1. The average Bonchev–Trinajstić information content (AvgIpc) is 2.36. The summed E-state index contributed by atoms with van der Waals surface area (Å²) in [5, 5.41) is 1.69. The minimum Gasteiger partial charge on any atom is -0.289 e. The van der Waals surface area contributed by atoms with Crippen LogP contribution in [-0.2, 0) is 11.2 Å². The van der Waals surface area contributed by atoms with Crippen LogP contribution in [0.25, 0.3) is 0 Å². The molecule has 0 aromatic heterocycles. The fraction of sp³-hybridized carbons (Fsp3) is 0.500. The van der Waals surface area contributed by atoms with Crippen molar-refractivity contribution in [3.05, 3.63) is 29.3 Å². The van der Waals surface area contributed by atoms with Gasteiger partial charge in [-0.2, -0.15) is 0 Å². The Kier molecular flexibility index (Phi) is 4.30. The fourth-order valence-electron chi connectivity index (χ4n) is 2.12. The molecule has 0 radical (unpaired) electrons. The summed E-state index contributed by atoms with van der Waals surface area (Å²) in [5.74, 6) is 1.15. The lowest BCUT2D eigenvalue weighted by Gasteiger charge is -2.20. The molecule has 4 heteroatoms. The molecule has 1 amide bonds. The molecule has 0 spiro atoms. The standard InChI is InChI=1S/C14H20N2OS/c1-10(14(17)15-16(2)3)11-6-7-13-12(9-11)5-4-8-18-13/h6-7,9-10H,4-5,8H2,1-3H3,(H,15,17).